The number of nitrogens with zero attached hydrogens (tertiary/aromatic N) is 6. The Morgan fingerprint density at radius 1 is 1.08 bits per heavy atom. The number of aromatic nitrogens is 4. The second kappa shape index (κ2) is 8.96. The molecule has 1 aromatic carbocycles. The second-order valence-corrected chi connectivity index (χ2v) is 9.52. The second-order valence-electron chi connectivity index (χ2n) is 9.52. The predicted octanol–water partition coefficient (Wildman–Crippen LogP) is 4.16. The van der Waals surface area contributed by atoms with Crippen LogP contribution in [-0.2, 0) is 0 Å². The van der Waals surface area contributed by atoms with Crippen LogP contribution in [-0.4, -0.2) is 43.2 Å². The van der Waals surface area contributed by atoms with Crippen LogP contribution in [0.25, 0.3) is 16.8 Å². The van der Waals surface area contributed by atoms with Gasteiger partial charge in [-0.05, 0) is 61.4 Å². The molecule has 0 unspecified atom stereocenters. The minimum absolute atomic E-state index is 0.116. The maximum absolute atomic E-state index is 12.9. The van der Waals surface area contributed by atoms with Crippen molar-refractivity contribution in [1.29, 1.82) is 5.26 Å². The number of nitriles is 1. The zero-order valence-electron chi connectivity index (χ0n) is 19.8. The molecule has 36 heavy (non-hydrogen) atoms. The van der Waals surface area contributed by atoms with Crippen LogP contribution in [0.5, 0.6) is 0 Å². The van der Waals surface area contributed by atoms with Crippen molar-refractivity contribution in [1.82, 2.24) is 24.3 Å². The summed E-state index contributed by atoms with van der Waals surface area (Å²) in [6.07, 6.45) is 11.8. The number of hydrogen-bond acceptors (Lipinski definition) is 7. The fourth-order valence-electron chi connectivity index (χ4n) is 5.01. The van der Waals surface area contributed by atoms with Gasteiger partial charge in [-0.15, -0.1) is 0 Å². The number of benzene rings is 1. The molecule has 6 rings (SSSR count). The highest BCUT2D eigenvalue weighted by molar-refractivity contribution is 6.04. The number of likely N-dealkylation sites (tertiary alicyclic amines) is 1. The Morgan fingerprint density at radius 3 is 2.69 bits per heavy atom. The zero-order valence-corrected chi connectivity index (χ0v) is 19.8. The summed E-state index contributed by atoms with van der Waals surface area (Å²) in [4.78, 5) is 28.2. The molecule has 3 aromatic heterocycles. The molecule has 180 valence electrons. The van der Waals surface area contributed by atoms with E-state index in [1.54, 1.807) is 29.4 Å². The van der Waals surface area contributed by atoms with Gasteiger partial charge in [-0.2, -0.15) is 5.26 Å². The third kappa shape index (κ3) is 4.11. The maximum atomic E-state index is 12.9. The van der Waals surface area contributed by atoms with Gasteiger partial charge in [0.25, 0.3) is 5.91 Å². The topological polar surface area (TPSA) is 125 Å². The molecule has 0 spiro atoms. The van der Waals surface area contributed by atoms with E-state index >= 15 is 0 Å². The van der Waals surface area contributed by atoms with Crippen molar-refractivity contribution in [2.75, 3.05) is 24.1 Å². The van der Waals surface area contributed by atoms with E-state index in [0.717, 1.165) is 42.0 Å². The molecule has 2 fully saturated rings. The van der Waals surface area contributed by atoms with Crippen LogP contribution in [0.3, 0.4) is 0 Å². The van der Waals surface area contributed by atoms with E-state index in [4.69, 9.17) is 10.7 Å². The maximum Gasteiger partial charge on any atom is 0.256 e. The van der Waals surface area contributed by atoms with Gasteiger partial charge in [0.15, 0.2) is 6.19 Å². The Bertz CT molecular complexity index is 1480. The number of piperidine rings is 1. The first-order chi connectivity index (χ1) is 17.6. The van der Waals surface area contributed by atoms with Crippen molar-refractivity contribution in [2.45, 2.75) is 37.5 Å². The van der Waals surface area contributed by atoms with Crippen molar-refractivity contribution >= 4 is 23.1 Å². The Hall–Kier alpha value is -4.45. The molecule has 0 bridgehead atoms. The van der Waals surface area contributed by atoms with Gasteiger partial charge < -0.3 is 16.0 Å². The van der Waals surface area contributed by atoms with Gasteiger partial charge in [0.1, 0.15) is 28.7 Å². The first-order valence-corrected chi connectivity index (χ1v) is 12.3. The molecule has 2 aliphatic rings. The molecule has 1 aliphatic heterocycles. The number of amides is 1. The normalized spacial score (nSPS) is 17.6. The highest BCUT2D eigenvalue weighted by Gasteiger charge is 2.27. The highest BCUT2D eigenvalue weighted by atomic mass is 16.1. The van der Waals surface area contributed by atoms with E-state index in [-0.39, 0.29) is 11.8 Å². The monoisotopic (exact) mass is 478 g/mol. The standard InChI is InChI=1S/C27H26N8O/c28-16-34-12-1-2-21(15-34)26-33-23(24-25(29)31-11-13-35(24)26)18-5-7-19(8-6-18)27(36)32-22-14-20(9-10-30-22)17-3-4-17/h5-11,13-14,17,21H,1-4,12,15H2,(H2,29,31)(H,30,32,36)/t21-/m1/s1. The van der Waals surface area contributed by atoms with Crippen LogP contribution in [0.15, 0.2) is 55.0 Å². The summed E-state index contributed by atoms with van der Waals surface area (Å²) in [5.74, 6) is 2.33. The molecule has 1 saturated heterocycles. The summed E-state index contributed by atoms with van der Waals surface area (Å²) >= 11 is 0. The third-order valence-electron chi connectivity index (χ3n) is 7.03. The van der Waals surface area contributed by atoms with E-state index in [9.17, 15) is 10.1 Å². The number of pyridine rings is 1. The molecule has 1 aliphatic carbocycles. The predicted molar refractivity (Wildman–Crippen MR) is 136 cm³/mol. The lowest BCUT2D eigenvalue weighted by Gasteiger charge is -2.27. The van der Waals surface area contributed by atoms with Gasteiger partial charge >= 0.3 is 0 Å². The van der Waals surface area contributed by atoms with Gasteiger partial charge in [-0.1, -0.05) is 12.1 Å². The highest BCUT2D eigenvalue weighted by Crippen LogP contribution is 2.40. The Balaban J connectivity index is 1.29. The van der Waals surface area contributed by atoms with Crippen molar-refractivity contribution in [3.05, 3.63) is 71.9 Å². The molecular formula is C27H26N8O. The summed E-state index contributed by atoms with van der Waals surface area (Å²) in [5.41, 5.74) is 10.3. The van der Waals surface area contributed by atoms with Crippen LogP contribution in [0.1, 0.15) is 59.3 Å². The number of carbonyl (C=O) groups is 1. The number of nitrogen functional groups attached to an aromatic ring is 1. The van der Waals surface area contributed by atoms with Crippen LogP contribution in [0.4, 0.5) is 11.6 Å². The van der Waals surface area contributed by atoms with Gasteiger partial charge in [0, 0.05) is 48.7 Å². The van der Waals surface area contributed by atoms with Gasteiger partial charge in [-0.3, -0.25) is 9.20 Å². The molecular weight excluding hydrogens is 452 g/mol. The van der Waals surface area contributed by atoms with Crippen molar-refractivity contribution in [3.8, 4) is 17.5 Å². The lowest BCUT2D eigenvalue weighted by atomic mass is 9.98. The number of nitrogens with one attached hydrogen (secondary N) is 1. The summed E-state index contributed by atoms with van der Waals surface area (Å²) < 4.78 is 1.99. The minimum atomic E-state index is -0.211. The Labute approximate surface area is 208 Å². The summed E-state index contributed by atoms with van der Waals surface area (Å²) in [6, 6.07) is 11.3. The van der Waals surface area contributed by atoms with Gasteiger partial charge in [0.05, 0.1) is 0 Å². The van der Waals surface area contributed by atoms with Crippen molar-refractivity contribution < 1.29 is 4.79 Å². The smallest absolute Gasteiger partial charge is 0.256 e. The largest absolute Gasteiger partial charge is 0.382 e. The van der Waals surface area contributed by atoms with Crippen LogP contribution < -0.4 is 11.1 Å². The molecule has 0 radical (unpaired) electrons. The lowest BCUT2D eigenvalue weighted by Crippen LogP contribution is -2.31. The molecule has 4 aromatic rings. The number of rotatable bonds is 5. The first kappa shape index (κ1) is 22.0. The molecule has 9 heteroatoms. The third-order valence-corrected chi connectivity index (χ3v) is 7.03. The fourth-order valence-corrected chi connectivity index (χ4v) is 5.01. The average Bonchev–Trinajstić information content (AvgIpc) is 3.69. The van der Waals surface area contributed by atoms with Gasteiger partial charge in [-0.25, -0.2) is 15.0 Å². The SMILES string of the molecule is N#CN1CCC[C@@H](c2nc(-c3ccc(C(=O)Nc4cc(C5CC5)ccn4)cc3)c3c(N)nccn23)C1. The number of carbonyl (C=O) groups excluding carboxylic acids is 1. The fraction of sp³-hybridized carbons (Fsp3) is 0.296. The van der Waals surface area contributed by atoms with E-state index in [1.807, 2.05) is 34.9 Å². The molecule has 4 heterocycles. The first-order valence-electron chi connectivity index (χ1n) is 12.3. The number of hydrogen-bond donors (Lipinski definition) is 2. The molecule has 1 atom stereocenters. The number of fused-ring (bicyclic) bond motifs is 1. The quantitative estimate of drug-likeness (QED) is 0.413. The van der Waals surface area contributed by atoms with Crippen LogP contribution in [0, 0.1) is 11.5 Å². The number of anilines is 2. The molecule has 3 N–H and O–H groups in total. The number of imidazole rings is 1. The van der Waals surface area contributed by atoms with E-state index in [2.05, 4.69) is 21.5 Å². The Kier molecular flexibility index (Phi) is 5.49. The van der Waals surface area contributed by atoms with E-state index in [0.29, 0.717) is 29.7 Å². The summed E-state index contributed by atoms with van der Waals surface area (Å²) in [6.45, 7) is 1.41. The summed E-state index contributed by atoms with van der Waals surface area (Å²) in [7, 11) is 0. The minimum Gasteiger partial charge on any atom is -0.382 e. The average molecular weight is 479 g/mol. The molecule has 1 amide bonds. The summed E-state index contributed by atoms with van der Waals surface area (Å²) in [5, 5.41) is 12.3. The Morgan fingerprint density at radius 2 is 1.92 bits per heavy atom. The van der Waals surface area contributed by atoms with Gasteiger partial charge in [0.2, 0.25) is 0 Å². The van der Waals surface area contributed by atoms with E-state index in [1.165, 1.54) is 18.4 Å². The number of nitrogens with two attached hydrogens (primary N) is 1. The van der Waals surface area contributed by atoms with Crippen LogP contribution >= 0.6 is 0 Å². The van der Waals surface area contributed by atoms with E-state index < -0.39 is 0 Å². The van der Waals surface area contributed by atoms with Crippen LogP contribution in [0.2, 0.25) is 0 Å². The van der Waals surface area contributed by atoms with Crippen molar-refractivity contribution in [3.63, 3.8) is 0 Å². The zero-order chi connectivity index (χ0) is 24.6. The lowest BCUT2D eigenvalue weighted by molar-refractivity contribution is 0.102. The molecule has 1 saturated carbocycles. The molecule has 9 nitrogen and oxygen atoms in total. The van der Waals surface area contributed by atoms with Crippen molar-refractivity contribution in [2.24, 2.45) is 0 Å².